The highest BCUT2D eigenvalue weighted by Crippen LogP contribution is 2.29. The molecular weight excluding hydrogens is 328 g/mol. The lowest BCUT2D eigenvalue weighted by Gasteiger charge is -2.33. The summed E-state index contributed by atoms with van der Waals surface area (Å²) in [4.78, 5) is 23.7. The van der Waals surface area contributed by atoms with Crippen molar-refractivity contribution in [3.05, 3.63) is 64.2 Å². The molecule has 0 unspecified atom stereocenters. The van der Waals surface area contributed by atoms with Crippen LogP contribution in [0.2, 0.25) is 0 Å². The van der Waals surface area contributed by atoms with Crippen LogP contribution >= 0.6 is 0 Å². The van der Waals surface area contributed by atoms with Gasteiger partial charge in [0.25, 0.3) is 0 Å². The molecule has 1 aliphatic rings. The number of H-pyrrole nitrogens is 1. The topological polar surface area (TPSA) is 79.7 Å². The number of para-hydroxylation sites is 1. The molecule has 0 radical (unpaired) electrons. The highest BCUT2D eigenvalue weighted by atomic mass is 16.1. The van der Waals surface area contributed by atoms with Gasteiger partial charge in [-0.3, -0.25) is 4.98 Å². The summed E-state index contributed by atoms with van der Waals surface area (Å²) >= 11 is 0. The average molecular weight is 350 g/mol. The normalized spacial score (nSPS) is 17.5. The number of nitrogens with zero attached hydrogens (tertiary/aromatic N) is 5. The van der Waals surface area contributed by atoms with Crippen molar-refractivity contribution in [3.8, 4) is 5.69 Å². The van der Waals surface area contributed by atoms with Gasteiger partial charge in [0, 0.05) is 25.2 Å². The fourth-order valence-electron chi connectivity index (χ4n) is 3.61. The first-order chi connectivity index (χ1) is 12.6. The van der Waals surface area contributed by atoms with Gasteiger partial charge in [-0.15, -0.1) is 0 Å². The number of nitrogens with one attached hydrogen (secondary N) is 1. The Kier molecular flexibility index (Phi) is 4.28. The molecule has 1 aromatic carbocycles. The van der Waals surface area contributed by atoms with Crippen LogP contribution in [0.25, 0.3) is 5.69 Å². The van der Waals surface area contributed by atoms with Crippen LogP contribution in [0.1, 0.15) is 36.0 Å². The van der Waals surface area contributed by atoms with E-state index >= 15 is 0 Å². The van der Waals surface area contributed by atoms with Gasteiger partial charge in [-0.05, 0) is 38.8 Å². The van der Waals surface area contributed by atoms with Crippen molar-refractivity contribution in [3.63, 3.8) is 0 Å². The fourth-order valence-corrected chi connectivity index (χ4v) is 3.61. The lowest BCUT2D eigenvalue weighted by molar-refractivity contribution is 0.481. The van der Waals surface area contributed by atoms with E-state index in [-0.39, 0.29) is 11.6 Å². The summed E-state index contributed by atoms with van der Waals surface area (Å²) in [6.07, 6.45) is 3.81. The number of rotatable bonds is 3. The van der Waals surface area contributed by atoms with Crippen molar-refractivity contribution >= 4 is 5.82 Å². The van der Waals surface area contributed by atoms with E-state index in [1.807, 2.05) is 44.2 Å². The van der Waals surface area contributed by atoms with Crippen molar-refractivity contribution < 1.29 is 0 Å². The fraction of sp³-hybridized carbons (Fsp3) is 0.368. The maximum atomic E-state index is 12.3. The molecule has 4 rings (SSSR count). The molecule has 0 amide bonds. The van der Waals surface area contributed by atoms with Gasteiger partial charge in [0.1, 0.15) is 11.6 Å². The van der Waals surface area contributed by atoms with Gasteiger partial charge in [-0.2, -0.15) is 5.10 Å². The number of hydrogen-bond acceptors (Lipinski definition) is 5. The Hall–Kier alpha value is -2.96. The first-order valence-corrected chi connectivity index (χ1v) is 8.91. The summed E-state index contributed by atoms with van der Waals surface area (Å²) in [5, 5.41) is 6.97. The second kappa shape index (κ2) is 6.74. The first kappa shape index (κ1) is 16.5. The quantitative estimate of drug-likeness (QED) is 0.784. The van der Waals surface area contributed by atoms with Crippen LogP contribution in [0.3, 0.4) is 0 Å². The van der Waals surface area contributed by atoms with Crippen molar-refractivity contribution in [2.24, 2.45) is 0 Å². The van der Waals surface area contributed by atoms with E-state index < -0.39 is 0 Å². The second-order valence-electron chi connectivity index (χ2n) is 6.76. The summed E-state index contributed by atoms with van der Waals surface area (Å²) in [7, 11) is 0. The predicted octanol–water partition coefficient (Wildman–Crippen LogP) is 2.35. The Bertz CT molecular complexity index is 962. The Morgan fingerprint density at radius 1 is 1.19 bits per heavy atom. The molecule has 7 nitrogen and oxygen atoms in total. The van der Waals surface area contributed by atoms with Gasteiger partial charge in [0.2, 0.25) is 0 Å². The third kappa shape index (κ3) is 3.00. The third-order valence-corrected chi connectivity index (χ3v) is 4.85. The molecule has 134 valence electrons. The van der Waals surface area contributed by atoms with E-state index in [4.69, 9.17) is 0 Å². The molecular formula is C19H22N6O. The summed E-state index contributed by atoms with van der Waals surface area (Å²) in [5.74, 6) is 1.87. The minimum atomic E-state index is -0.199. The summed E-state index contributed by atoms with van der Waals surface area (Å²) in [6.45, 7) is 5.66. The van der Waals surface area contributed by atoms with Gasteiger partial charge in [-0.1, -0.05) is 18.2 Å². The Morgan fingerprint density at radius 2 is 2.00 bits per heavy atom. The molecule has 7 heteroatoms. The average Bonchev–Trinajstić information content (AvgIpc) is 3.06. The zero-order chi connectivity index (χ0) is 18.1. The molecule has 3 heterocycles. The molecule has 1 N–H and O–H groups in total. The van der Waals surface area contributed by atoms with Crippen molar-refractivity contribution in [1.29, 1.82) is 0 Å². The molecule has 1 atom stereocenters. The molecule has 26 heavy (non-hydrogen) atoms. The Labute approximate surface area is 151 Å². The van der Waals surface area contributed by atoms with Crippen LogP contribution in [-0.2, 0) is 0 Å². The first-order valence-electron chi connectivity index (χ1n) is 8.91. The second-order valence-corrected chi connectivity index (χ2v) is 6.76. The largest absolute Gasteiger partial charge is 0.354 e. The predicted molar refractivity (Wildman–Crippen MR) is 99.9 cm³/mol. The summed E-state index contributed by atoms with van der Waals surface area (Å²) < 4.78 is 1.68. The molecule has 2 aromatic heterocycles. The third-order valence-electron chi connectivity index (χ3n) is 4.85. The number of hydrogen-bond donors (Lipinski definition) is 1. The van der Waals surface area contributed by atoms with Gasteiger partial charge in [-0.25, -0.2) is 19.4 Å². The van der Waals surface area contributed by atoms with Crippen LogP contribution in [0.4, 0.5) is 5.82 Å². The smallest absolute Gasteiger partial charge is 0.347 e. The molecule has 1 fully saturated rings. The minimum absolute atomic E-state index is 0.157. The van der Waals surface area contributed by atoms with Gasteiger partial charge < -0.3 is 4.90 Å². The standard InChI is InChI=1S/C19H22N6O/c1-13-11-20-14(2)17(21-13)24-10-6-7-15(12-24)18-22-23-19(26)25(18)16-8-4-3-5-9-16/h3-5,8-9,11,15H,6-7,10,12H2,1-2H3,(H,23,26)/t15-/m1/s1. The van der Waals surface area contributed by atoms with Crippen molar-refractivity contribution in [2.45, 2.75) is 32.6 Å². The summed E-state index contributed by atoms with van der Waals surface area (Å²) in [5.41, 5.74) is 2.48. The van der Waals surface area contributed by atoms with E-state index in [1.165, 1.54) is 0 Å². The highest BCUT2D eigenvalue weighted by Gasteiger charge is 2.28. The van der Waals surface area contributed by atoms with E-state index in [2.05, 4.69) is 25.1 Å². The number of aromatic nitrogens is 5. The molecule has 0 spiro atoms. The molecule has 1 saturated heterocycles. The lowest BCUT2D eigenvalue weighted by Crippen LogP contribution is -2.37. The molecule has 0 aliphatic carbocycles. The van der Waals surface area contributed by atoms with Crippen LogP contribution in [0, 0.1) is 13.8 Å². The van der Waals surface area contributed by atoms with Crippen LogP contribution in [0.5, 0.6) is 0 Å². The molecule has 1 aliphatic heterocycles. The number of benzene rings is 1. The number of aromatic amines is 1. The maximum Gasteiger partial charge on any atom is 0.347 e. The zero-order valence-electron chi connectivity index (χ0n) is 15.0. The highest BCUT2D eigenvalue weighted by molar-refractivity contribution is 5.44. The maximum absolute atomic E-state index is 12.3. The monoisotopic (exact) mass is 350 g/mol. The van der Waals surface area contributed by atoms with Crippen LogP contribution in [-0.4, -0.2) is 37.8 Å². The SMILES string of the molecule is Cc1cnc(C)c(N2CCC[C@@H](c3n[nH]c(=O)n3-c3ccccc3)C2)n1. The summed E-state index contributed by atoms with van der Waals surface area (Å²) in [6, 6.07) is 9.65. The van der Waals surface area contributed by atoms with E-state index in [1.54, 1.807) is 10.8 Å². The van der Waals surface area contributed by atoms with Crippen LogP contribution < -0.4 is 10.6 Å². The molecule has 0 saturated carbocycles. The Balaban J connectivity index is 1.68. The van der Waals surface area contributed by atoms with Gasteiger partial charge >= 0.3 is 5.69 Å². The zero-order valence-corrected chi connectivity index (χ0v) is 15.0. The van der Waals surface area contributed by atoms with Gasteiger partial charge in [0.05, 0.1) is 17.1 Å². The van der Waals surface area contributed by atoms with Crippen molar-refractivity contribution in [2.75, 3.05) is 18.0 Å². The van der Waals surface area contributed by atoms with Crippen molar-refractivity contribution in [1.82, 2.24) is 24.7 Å². The van der Waals surface area contributed by atoms with E-state index in [0.29, 0.717) is 0 Å². The van der Waals surface area contributed by atoms with Crippen LogP contribution in [0.15, 0.2) is 41.3 Å². The van der Waals surface area contributed by atoms with E-state index in [0.717, 1.165) is 54.6 Å². The minimum Gasteiger partial charge on any atom is -0.354 e. The number of anilines is 1. The number of aryl methyl sites for hydroxylation is 2. The lowest BCUT2D eigenvalue weighted by atomic mass is 9.97. The Morgan fingerprint density at radius 3 is 2.81 bits per heavy atom. The van der Waals surface area contributed by atoms with E-state index in [9.17, 15) is 4.79 Å². The molecule has 3 aromatic rings. The van der Waals surface area contributed by atoms with Gasteiger partial charge in [0.15, 0.2) is 0 Å². The number of piperidine rings is 1. The molecule has 0 bridgehead atoms.